The average Bonchev–Trinajstić information content (AvgIpc) is 2.45. The summed E-state index contributed by atoms with van der Waals surface area (Å²) in [7, 11) is 0. The molecule has 0 aliphatic heterocycles. The van der Waals surface area contributed by atoms with E-state index < -0.39 is 5.60 Å². The molecular formula is C11H13IO2S. The SMILES string of the molecule is CC(C)(C)OC(=O)C=Cc1ccc(I)s1. The molecule has 0 N–H and O–H groups in total. The molecule has 1 heterocycles. The van der Waals surface area contributed by atoms with E-state index in [4.69, 9.17) is 4.74 Å². The molecule has 1 rings (SSSR count). The van der Waals surface area contributed by atoms with Crippen molar-refractivity contribution in [2.24, 2.45) is 0 Å². The number of thiophene rings is 1. The molecule has 0 amide bonds. The van der Waals surface area contributed by atoms with Crippen molar-refractivity contribution in [3.8, 4) is 0 Å². The van der Waals surface area contributed by atoms with Gasteiger partial charge in [0.2, 0.25) is 0 Å². The molecule has 0 spiro atoms. The van der Waals surface area contributed by atoms with Crippen molar-refractivity contribution >= 4 is 46.0 Å². The predicted octanol–water partition coefficient (Wildman–Crippen LogP) is 3.71. The van der Waals surface area contributed by atoms with Crippen LogP contribution in [0.2, 0.25) is 0 Å². The van der Waals surface area contributed by atoms with Gasteiger partial charge in [-0.25, -0.2) is 4.79 Å². The highest BCUT2D eigenvalue weighted by Crippen LogP contribution is 2.19. The number of halogens is 1. The lowest BCUT2D eigenvalue weighted by Crippen LogP contribution is -2.22. The molecule has 1 aromatic heterocycles. The van der Waals surface area contributed by atoms with Gasteiger partial charge in [0, 0.05) is 11.0 Å². The normalized spacial score (nSPS) is 12.0. The average molecular weight is 336 g/mol. The molecule has 0 bridgehead atoms. The summed E-state index contributed by atoms with van der Waals surface area (Å²) in [6, 6.07) is 3.99. The monoisotopic (exact) mass is 336 g/mol. The molecule has 0 fully saturated rings. The molecule has 1 aromatic rings. The van der Waals surface area contributed by atoms with E-state index >= 15 is 0 Å². The molecule has 82 valence electrons. The first-order valence-electron chi connectivity index (χ1n) is 4.53. The summed E-state index contributed by atoms with van der Waals surface area (Å²) >= 11 is 3.89. The molecule has 0 saturated heterocycles. The van der Waals surface area contributed by atoms with Crippen molar-refractivity contribution in [1.82, 2.24) is 0 Å². The quantitative estimate of drug-likeness (QED) is 0.468. The summed E-state index contributed by atoms with van der Waals surface area (Å²) in [5.41, 5.74) is -0.425. The van der Waals surface area contributed by atoms with Crippen molar-refractivity contribution in [2.75, 3.05) is 0 Å². The molecule has 15 heavy (non-hydrogen) atoms. The van der Waals surface area contributed by atoms with Crippen LogP contribution < -0.4 is 0 Å². The summed E-state index contributed by atoms with van der Waals surface area (Å²) in [5, 5.41) is 0. The fraction of sp³-hybridized carbons (Fsp3) is 0.364. The Kier molecular flexibility index (Phi) is 4.33. The zero-order valence-electron chi connectivity index (χ0n) is 8.91. The van der Waals surface area contributed by atoms with Crippen LogP contribution in [0.1, 0.15) is 25.6 Å². The van der Waals surface area contributed by atoms with E-state index in [1.165, 1.54) is 8.96 Å². The van der Waals surface area contributed by atoms with E-state index in [0.29, 0.717) is 0 Å². The highest BCUT2D eigenvalue weighted by molar-refractivity contribution is 14.1. The Bertz CT molecular complexity index is 374. The number of hydrogen-bond acceptors (Lipinski definition) is 3. The molecular weight excluding hydrogens is 323 g/mol. The van der Waals surface area contributed by atoms with Gasteiger partial charge in [-0.05, 0) is 61.6 Å². The van der Waals surface area contributed by atoms with Crippen molar-refractivity contribution in [2.45, 2.75) is 26.4 Å². The smallest absolute Gasteiger partial charge is 0.331 e. The number of ether oxygens (including phenoxy) is 1. The molecule has 2 nitrogen and oxygen atoms in total. The summed E-state index contributed by atoms with van der Waals surface area (Å²) in [6.45, 7) is 5.56. The minimum absolute atomic E-state index is 0.300. The first kappa shape index (κ1) is 12.7. The Morgan fingerprint density at radius 1 is 1.47 bits per heavy atom. The maximum Gasteiger partial charge on any atom is 0.331 e. The van der Waals surface area contributed by atoms with Gasteiger partial charge in [0.15, 0.2) is 0 Å². The number of rotatable bonds is 2. The van der Waals surface area contributed by atoms with Crippen LogP contribution in [0.4, 0.5) is 0 Å². The highest BCUT2D eigenvalue weighted by atomic mass is 127. The second-order valence-corrected chi connectivity index (χ2v) is 7.02. The number of hydrogen-bond donors (Lipinski definition) is 0. The van der Waals surface area contributed by atoms with Crippen LogP contribution in [-0.4, -0.2) is 11.6 Å². The van der Waals surface area contributed by atoms with Gasteiger partial charge in [0.25, 0.3) is 0 Å². The fourth-order valence-corrected chi connectivity index (χ4v) is 2.48. The van der Waals surface area contributed by atoms with E-state index in [1.807, 2.05) is 32.9 Å². The van der Waals surface area contributed by atoms with Crippen LogP contribution in [0.15, 0.2) is 18.2 Å². The first-order valence-corrected chi connectivity index (χ1v) is 6.43. The predicted molar refractivity (Wildman–Crippen MR) is 71.9 cm³/mol. The Morgan fingerprint density at radius 3 is 2.60 bits per heavy atom. The zero-order valence-corrected chi connectivity index (χ0v) is 11.9. The van der Waals surface area contributed by atoms with E-state index in [2.05, 4.69) is 22.6 Å². The Morgan fingerprint density at radius 2 is 2.13 bits per heavy atom. The number of esters is 1. The zero-order chi connectivity index (χ0) is 11.5. The van der Waals surface area contributed by atoms with Crippen molar-refractivity contribution in [3.63, 3.8) is 0 Å². The molecule has 0 aliphatic rings. The summed E-state index contributed by atoms with van der Waals surface area (Å²) in [4.78, 5) is 12.4. The largest absolute Gasteiger partial charge is 0.457 e. The van der Waals surface area contributed by atoms with Crippen LogP contribution in [0.5, 0.6) is 0 Å². The molecule has 0 aliphatic carbocycles. The van der Waals surface area contributed by atoms with Crippen LogP contribution in [-0.2, 0) is 9.53 Å². The van der Waals surface area contributed by atoms with E-state index in [0.717, 1.165) is 4.88 Å². The van der Waals surface area contributed by atoms with E-state index in [1.54, 1.807) is 17.4 Å². The van der Waals surface area contributed by atoms with Crippen LogP contribution in [0.3, 0.4) is 0 Å². The van der Waals surface area contributed by atoms with Gasteiger partial charge < -0.3 is 4.74 Å². The van der Waals surface area contributed by atoms with Crippen LogP contribution >= 0.6 is 33.9 Å². The van der Waals surface area contributed by atoms with Gasteiger partial charge in [-0.3, -0.25) is 0 Å². The summed E-state index contributed by atoms with van der Waals surface area (Å²) in [5.74, 6) is -0.300. The van der Waals surface area contributed by atoms with Gasteiger partial charge in [0.1, 0.15) is 5.60 Å². The Labute approximate surface area is 107 Å². The molecule has 0 radical (unpaired) electrons. The molecule has 0 unspecified atom stereocenters. The maximum atomic E-state index is 11.3. The standard InChI is InChI=1S/C11H13IO2S/c1-11(2,3)14-10(13)7-5-8-4-6-9(12)15-8/h4-7H,1-3H3. The van der Waals surface area contributed by atoms with Crippen molar-refractivity contribution in [3.05, 3.63) is 26.0 Å². The summed E-state index contributed by atoms with van der Waals surface area (Å²) < 4.78 is 6.35. The lowest BCUT2D eigenvalue weighted by Gasteiger charge is -2.17. The van der Waals surface area contributed by atoms with E-state index in [-0.39, 0.29) is 5.97 Å². The number of carbonyl (C=O) groups is 1. The molecule has 0 aromatic carbocycles. The topological polar surface area (TPSA) is 26.3 Å². The van der Waals surface area contributed by atoms with Gasteiger partial charge in [0.05, 0.1) is 2.88 Å². The van der Waals surface area contributed by atoms with E-state index in [9.17, 15) is 4.79 Å². The molecule has 0 atom stereocenters. The third-order valence-corrected chi connectivity index (χ3v) is 3.24. The molecule has 0 saturated carbocycles. The highest BCUT2D eigenvalue weighted by Gasteiger charge is 2.13. The second kappa shape index (κ2) is 5.12. The van der Waals surface area contributed by atoms with Crippen molar-refractivity contribution in [1.29, 1.82) is 0 Å². The maximum absolute atomic E-state index is 11.3. The van der Waals surface area contributed by atoms with Crippen LogP contribution in [0.25, 0.3) is 6.08 Å². The van der Waals surface area contributed by atoms with Crippen LogP contribution in [0, 0.1) is 2.88 Å². The lowest BCUT2D eigenvalue weighted by atomic mass is 10.2. The minimum Gasteiger partial charge on any atom is -0.457 e. The van der Waals surface area contributed by atoms with Gasteiger partial charge in [-0.15, -0.1) is 11.3 Å². The second-order valence-electron chi connectivity index (χ2n) is 4.01. The van der Waals surface area contributed by atoms with Gasteiger partial charge in [-0.1, -0.05) is 0 Å². The van der Waals surface area contributed by atoms with Gasteiger partial charge in [-0.2, -0.15) is 0 Å². The Hall–Kier alpha value is -0.360. The molecule has 4 heteroatoms. The van der Waals surface area contributed by atoms with Gasteiger partial charge >= 0.3 is 5.97 Å². The Balaban J connectivity index is 2.55. The first-order chi connectivity index (χ1) is 6.87. The van der Waals surface area contributed by atoms with Crippen molar-refractivity contribution < 1.29 is 9.53 Å². The minimum atomic E-state index is -0.425. The third kappa shape index (κ3) is 5.32. The third-order valence-electron chi connectivity index (χ3n) is 1.38. The number of carbonyl (C=O) groups excluding carboxylic acids is 1. The summed E-state index contributed by atoms with van der Waals surface area (Å²) in [6.07, 6.45) is 3.24. The lowest BCUT2D eigenvalue weighted by molar-refractivity contribution is -0.148. The fourth-order valence-electron chi connectivity index (χ4n) is 0.904.